The Morgan fingerprint density at radius 3 is 2.70 bits per heavy atom. The van der Waals surface area contributed by atoms with Gasteiger partial charge in [-0.15, -0.1) is 0 Å². The van der Waals surface area contributed by atoms with Gasteiger partial charge in [-0.25, -0.2) is 14.2 Å². The van der Waals surface area contributed by atoms with Gasteiger partial charge in [-0.3, -0.25) is 14.8 Å². The Hall–Kier alpha value is -2.90. The van der Waals surface area contributed by atoms with Crippen molar-refractivity contribution in [1.29, 1.82) is 0 Å². The van der Waals surface area contributed by atoms with Gasteiger partial charge < -0.3 is 9.72 Å². The molecule has 0 aliphatic heterocycles. The summed E-state index contributed by atoms with van der Waals surface area (Å²) >= 11 is 0. The van der Waals surface area contributed by atoms with Crippen molar-refractivity contribution in [3.63, 3.8) is 0 Å². The largest absolute Gasteiger partial charge is 0.497 e. The van der Waals surface area contributed by atoms with Gasteiger partial charge in [0.2, 0.25) is 0 Å². The molecule has 0 atom stereocenters. The molecule has 0 fully saturated rings. The number of benzene rings is 1. The minimum absolute atomic E-state index is 0.0731. The Morgan fingerprint density at radius 2 is 2.00 bits per heavy atom. The third-order valence-electron chi connectivity index (χ3n) is 2.82. The number of H-pyrrole nitrogens is 3. The summed E-state index contributed by atoms with van der Waals surface area (Å²) in [6.45, 7) is 0. The summed E-state index contributed by atoms with van der Waals surface area (Å²) in [6.07, 6.45) is 0. The van der Waals surface area contributed by atoms with Crippen molar-refractivity contribution >= 4 is 11.2 Å². The first-order chi connectivity index (χ1) is 9.58. The van der Waals surface area contributed by atoms with Crippen LogP contribution in [-0.4, -0.2) is 27.0 Å². The SMILES string of the molecule is COc1ccc(-c2nc3[nH]c(=O)[nH]c(=O)c3[nH]2)c(F)c1. The molecule has 3 rings (SSSR count). The second kappa shape index (κ2) is 4.34. The van der Waals surface area contributed by atoms with E-state index in [1.165, 1.54) is 19.2 Å². The van der Waals surface area contributed by atoms with Gasteiger partial charge >= 0.3 is 5.69 Å². The zero-order valence-electron chi connectivity index (χ0n) is 10.3. The van der Waals surface area contributed by atoms with E-state index in [4.69, 9.17) is 4.74 Å². The van der Waals surface area contributed by atoms with Crippen LogP contribution >= 0.6 is 0 Å². The first-order valence-electron chi connectivity index (χ1n) is 5.64. The number of aromatic amines is 3. The predicted molar refractivity (Wildman–Crippen MR) is 69.3 cm³/mol. The minimum Gasteiger partial charge on any atom is -0.497 e. The highest BCUT2D eigenvalue weighted by Crippen LogP contribution is 2.24. The van der Waals surface area contributed by atoms with Crippen molar-refractivity contribution in [3.05, 3.63) is 44.9 Å². The number of imidazole rings is 1. The maximum Gasteiger partial charge on any atom is 0.327 e. The lowest BCUT2D eigenvalue weighted by atomic mass is 10.2. The van der Waals surface area contributed by atoms with Crippen molar-refractivity contribution in [2.45, 2.75) is 0 Å². The molecule has 2 heterocycles. The van der Waals surface area contributed by atoms with Gasteiger partial charge in [0.25, 0.3) is 5.56 Å². The first-order valence-corrected chi connectivity index (χ1v) is 5.64. The van der Waals surface area contributed by atoms with Gasteiger partial charge in [0, 0.05) is 6.07 Å². The summed E-state index contributed by atoms with van der Waals surface area (Å²) in [4.78, 5) is 33.8. The molecule has 0 unspecified atom stereocenters. The van der Waals surface area contributed by atoms with Crippen LogP contribution in [0.25, 0.3) is 22.6 Å². The Labute approximate surface area is 110 Å². The highest BCUT2D eigenvalue weighted by atomic mass is 19.1. The normalized spacial score (nSPS) is 10.9. The summed E-state index contributed by atoms with van der Waals surface area (Å²) in [5, 5.41) is 0. The molecular formula is C12H9FN4O3. The van der Waals surface area contributed by atoms with Crippen molar-refractivity contribution in [2.75, 3.05) is 7.11 Å². The zero-order chi connectivity index (χ0) is 14.3. The van der Waals surface area contributed by atoms with Crippen LogP contribution in [0.4, 0.5) is 4.39 Å². The molecule has 3 N–H and O–H groups in total. The van der Waals surface area contributed by atoms with E-state index in [2.05, 4.69) is 19.9 Å². The van der Waals surface area contributed by atoms with E-state index in [-0.39, 0.29) is 22.6 Å². The predicted octanol–water partition coefficient (Wildman–Crippen LogP) is 0.754. The molecule has 1 aromatic carbocycles. The molecule has 0 radical (unpaired) electrons. The van der Waals surface area contributed by atoms with E-state index in [0.29, 0.717) is 5.75 Å². The maximum absolute atomic E-state index is 13.9. The quantitative estimate of drug-likeness (QED) is 0.642. The Bertz CT molecular complexity index is 909. The van der Waals surface area contributed by atoms with Crippen molar-refractivity contribution < 1.29 is 9.13 Å². The van der Waals surface area contributed by atoms with Crippen LogP contribution in [-0.2, 0) is 0 Å². The zero-order valence-corrected chi connectivity index (χ0v) is 10.3. The number of nitrogens with one attached hydrogen (secondary N) is 3. The summed E-state index contributed by atoms with van der Waals surface area (Å²) < 4.78 is 18.8. The highest BCUT2D eigenvalue weighted by Gasteiger charge is 2.13. The lowest BCUT2D eigenvalue weighted by Gasteiger charge is -2.02. The average molecular weight is 276 g/mol. The molecule has 20 heavy (non-hydrogen) atoms. The topological polar surface area (TPSA) is 104 Å². The molecule has 0 aliphatic rings. The summed E-state index contributed by atoms with van der Waals surface area (Å²) in [7, 11) is 1.43. The molecule has 3 aromatic rings. The van der Waals surface area contributed by atoms with Crippen LogP contribution in [0.5, 0.6) is 5.75 Å². The monoisotopic (exact) mass is 276 g/mol. The maximum atomic E-state index is 13.9. The molecule has 0 bridgehead atoms. The molecule has 102 valence electrons. The lowest BCUT2D eigenvalue weighted by Crippen LogP contribution is -2.21. The van der Waals surface area contributed by atoms with Gasteiger partial charge in [-0.2, -0.15) is 0 Å². The highest BCUT2D eigenvalue weighted by molar-refractivity contribution is 5.74. The second-order valence-electron chi connectivity index (χ2n) is 4.06. The van der Waals surface area contributed by atoms with E-state index < -0.39 is 17.1 Å². The van der Waals surface area contributed by atoms with Gasteiger partial charge in [-0.1, -0.05) is 0 Å². The van der Waals surface area contributed by atoms with Crippen molar-refractivity contribution in [2.24, 2.45) is 0 Å². The number of fused-ring (bicyclic) bond motifs is 1. The number of ether oxygens (including phenoxy) is 1. The van der Waals surface area contributed by atoms with Crippen LogP contribution in [0.15, 0.2) is 27.8 Å². The molecule has 0 saturated carbocycles. The number of methoxy groups -OCH3 is 1. The molecule has 8 heteroatoms. The minimum atomic E-state index is -0.671. The fraction of sp³-hybridized carbons (Fsp3) is 0.0833. The van der Waals surface area contributed by atoms with Crippen molar-refractivity contribution in [1.82, 2.24) is 19.9 Å². The van der Waals surface area contributed by atoms with Gasteiger partial charge in [0.1, 0.15) is 22.9 Å². The molecule has 0 amide bonds. The molecular weight excluding hydrogens is 267 g/mol. The lowest BCUT2D eigenvalue weighted by molar-refractivity contribution is 0.411. The van der Waals surface area contributed by atoms with Gasteiger partial charge in [0.15, 0.2) is 5.65 Å². The van der Waals surface area contributed by atoms with Crippen LogP contribution in [0.1, 0.15) is 0 Å². The Balaban J connectivity index is 2.22. The van der Waals surface area contributed by atoms with Crippen LogP contribution < -0.4 is 16.0 Å². The summed E-state index contributed by atoms with van der Waals surface area (Å²) in [5.74, 6) is -0.0386. The molecule has 0 saturated heterocycles. The molecule has 2 aromatic heterocycles. The first kappa shape index (κ1) is 12.2. The fourth-order valence-electron chi connectivity index (χ4n) is 1.87. The van der Waals surface area contributed by atoms with Crippen LogP contribution in [0, 0.1) is 5.82 Å². The average Bonchev–Trinajstić information content (AvgIpc) is 2.82. The van der Waals surface area contributed by atoms with E-state index in [9.17, 15) is 14.0 Å². The van der Waals surface area contributed by atoms with E-state index in [0.717, 1.165) is 0 Å². The molecule has 7 nitrogen and oxygen atoms in total. The number of halogens is 1. The third-order valence-corrected chi connectivity index (χ3v) is 2.82. The van der Waals surface area contributed by atoms with E-state index in [1.807, 2.05) is 0 Å². The third kappa shape index (κ3) is 1.87. The Morgan fingerprint density at radius 1 is 1.20 bits per heavy atom. The smallest absolute Gasteiger partial charge is 0.327 e. The fourth-order valence-corrected chi connectivity index (χ4v) is 1.87. The number of hydrogen-bond acceptors (Lipinski definition) is 4. The summed E-state index contributed by atoms with van der Waals surface area (Å²) in [5.41, 5.74) is -0.965. The number of rotatable bonds is 2. The molecule has 0 spiro atoms. The number of hydrogen-bond donors (Lipinski definition) is 3. The number of nitrogens with zero attached hydrogens (tertiary/aromatic N) is 1. The van der Waals surface area contributed by atoms with Gasteiger partial charge in [0.05, 0.1) is 12.7 Å². The van der Waals surface area contributed by atoms with E-state index >= 15 is 0 Å². The van der Waals surface area contributed by atoms with E-state index in [1.54, 1.807) is 6.07 Å². The summed E-state index contributed by atoms with van der Waals surface area (Å²) in [6, 6.07) is 4.24. The van der Waals surface area contributed by atoms with Crippen LogP contribution in [0.2, 0.25) is 0 Å². The second-order valence-corrected chi connectivity index (χ2v) is 4.06. The van der Waals surface area contributed by atoms with Crippen molar-refractivity contribution in [3.8, 4) is 17.1 Å². The Kier molecular flexibility index (Phi) is 2.63. The molecule has 0 aliphatic carbocycles. The van der Waals surface area contributed by atoms with Crippen LogP contribution in [0.3, 0.4) is 0 Å². The number of aromatic nitrogens is 4. The van der Waals surface area contributed by atoms with Gasteiger partial charge in [-0.05, 0) is 12.1 Å². The standard InChI is InChI=1S/C12H9FN4O3/c1-20-5-2-3-6(7(13)4-5)9-14-8-10(15-9)16-12(19)17-11(8)18/h2-4H,1H3,(H3,14,15,16,17,18,19).